The molecule has 0 spiro atoms. The first-order chi connectivity index (χ1) is 8.93. The number of nitrogens with two attached hydrogens (primary N) is 1. The van der Waals surface area contributed by atoms with Crippen molar-refractivity contribution in [1.82, 2.24) is 4.90 Å². The van der Waals surface area contributed by atoms with Gasteiger partial charge in [0.1, 0.15) is 5.37 Å². The van der Waals surface area contributed by atoms with Gasteiger partial charge in [-0.2, -0.15) is 11.8 Å². The van der Waals surface area contributed by atoms with Crippen LogP contribution in [0.1, 0.15) is 10.9 Å². The van der Waals surface area contributed by atoms with Crippen LogP contribution in [0.3, 0.4) is 0 Å². The van der Waals surface area contributed by atoms with Crippen molar-refractivity contribution < 1.29 is 8.42 Å². The molecule has 1 aliphatic heterocycles. The molecular weight excluding hydrogens is 368 g/mol. The van der Waals surface area contributed by atoms with Crippen molar-refractivity contribution in [2.45, 2.75) is 11.4 Å². The van der Waals surface area contributed by atoms with Gasteiger partial charge in [0.25, 0.3) is 0 Å². The number of sulfone groups is 1. The summed E-state index contributed by atoms with van der Waals surface area (Å²) in [5, 5.41) is 1.58. The van der Waals surface area contributed by atoms with E-state index in [9.17, 15) is 8.42 Å². The minimum atomic E-state index is -3.09. The van der Waals surface area contributed by atoms with Crippen LogP contribution in [-0.4, -0.2) is 49.5 Å². The zero-order valence-electron chi connectivity index (χ0n) is 10.6. The molecule has 2 heterocycles. The zero-order valence-corrected chi connectivity index (χ0v) is 14.6. The van der Waals surface area contributed by atoms with Gasteiger partial charge in [-0.15, -0.1) is 11.3 Å². The molecule has 0 aromatic carbocycles. The summed E-state index contributed by atoms with van der Waals surface area (Å²) in [5.41, 5.74) is 5.90. The summed E-state index contributed by atoms with van der Waals surface area (Å²) in [7, 11) is -3.09. The topological polar surface area (TPSA) is 63.4 Å². The lowest BCUT2D eigenvalue weighted by molar-refractivity contribution is 0.200. The van der Waals surface area contributed by atoms with Crippen LogP contribution in [0.25, 0.3) is 0 Å². The van der Waals surface area contributed by atoms with Crippen molar-refractivity contribution >= 4 is 48.9 Å². The highest BCUT2D eigenvalue weighted by molar-refractivity contribution is 9.10. The molecule has 0 amide bonds. The van der Waals surface area contributed by atoms with Gasteiger partial charge in [-0.25, -0.2) is 8.42 Å². The van der Waals surface area contributed by atoms with E-state index in [2.05, 4.69) is 15.9 Å². The minimum absolute atomic E-state index is 0.0167. The first kappa shape index (κ1) is 15.8. The molecule has 8 heteroatoms. The molecule has 1 aromatic heterocycles. The molecule has 0 bridgehead atoms. The first-order valence-electron chi connectivity index (χ1n) is 5.90. The summed E-state index contributed by atoms with van der Waals surface area (Å²) in [5.74, 6) is 1.58. The van der Waals surface area contributed by atoms with Gasteiger partial charge in [0, 0.05) is 45.6 Å². The Labute approximate surface area is 130 Å². The maximum atomic E-state index is 12.0. The average molecular weight is 385 g/mol. The van der Waals surface area contributed by atoms with Gasteiger partial charge >= 0.3 is 0 Å². The molecule has 19 heavy (non-hydrogen) atoms. The fourth-order valence-electron chi connectivity index (χ4n) is 2.24. The van der Waals surface area contributed by atoms with Crippen molar-refractivity contribution in [3.8, 4) is 0 Å². The molecule has 1 aromatic rings. The Morgan fingerprint density at radius 3 is 2.89 bits per heavy atom. The summed E-state index contributed by atoms with van der Waals surface area (Å²) < 4.78 is 24.9. The molecule has 0 aliphatic carbocycles. The Hall–Kier alpha value is 0.400. The van der Waals surface area contributed by atoms with Crippen molar-refractivity contribution in [3.63, 3.8) is 0 Å². The molecule has 2 unspecified atom stereocenters. The van der Waals surface area contributed by atoms with Gasteiger partial charge in [0.05, 0.1) is 6.04 Å². The van der Waals surface area contributed by atoms with Crippen LogP contribution in [0.4, 0.5) is 0 Å². The molecule has 1 aliphatic rings. The number of hydrogen-bond acceptors (Lipinski definition) is 6. The highest BCUT2D eigenvalue weighted by Gasteiger charge is 2.36. The summed E-state index contributed by atoms with van der Waals surface area (Å²) in [6.07, 6.45) is 1.31. The Bertz CT molecular complexity index is 532. The van der Waals surface area contributed by atoms with Crippen molar-refractivity contribution in [1.29, 1.82) is 0 Å². The van der Waals surface area contributed by atoms with Crippen LogP contribution < -0.4 is 5.73 Å². The molecule has 2 N–H and O–H groups in total. The predicted molar refractivity (Wildman–Crippen MR) is 86.5 cm³/mol. The number of thioether (sulfide) groups is 1. The third kappa shape index (κ3) is 3.74. The van der Waals surface area contributed by atoms with E-state index in [4.69, 9.17) is 5.73 Å². The van der Waals surface area contributed by atoms with Crippen LogP contribution in [0, 0.1) is 0 Å². The van der Waals surface area contributed by atoms with Gasteiger partial charge in [-0.1, -0.05) is 0 Å². The van der Waals surface area contributed by atoms with E-state index in [0.717, 1.165) is 21.6 Å². The lowest BCUT2D eigenvalue weighted by atomic mass is 10.2. The van der Waals surface area contributed by atoms with Crippen molar-refractivity contribution in [2.24, 2.45) is 5.73 Å². The van der Waals surface area contributed by atoms with Gasteiger partial charge in [0.2, 0.25) is 0 Å². The largest absolute Gasteiger partial charge is 0.329 e. The second-order valence-electron chi connectivity index (χ2n) is 4.52. The van der Waals surface area contributed by atoms with E-state index in [1.165, 1.54) is 6.26 Å². The van der Waals surface area contributed by atoms with Crippen LogP contribution in [-0.2, 0) is 9.84 Å². The van der Waals surface area contributed by atoms with E-state index in [1.54, 1.807) is 23.1 Å². The smallest absolute Gasteiger partial charge is 0.164 e. The van der Waals surface area contributed by atoms with Crippen molar-refractivity contribution in [3.05, 3.63) is 20.8 Å². The summed E-state index contributed by atoms with van der Waals surface area (Å²) >= 11 is 6.75. The molecular formula is C11H17BrN2O2S3. The maximum absolute atomic E-state index is 12.0. The SMILES string of the molecule is CS(=O)(=O)C1CSCCN1C(CN)c1cc(Br)cs1. The number of thiophene rings is 1. The third-order valence-electron chi connectivity index (χ3n) is 3.16. The van der Waals surface area contributed by atoms with Crippen molar-refractivity contribution in [2.75, 3.05) is 30.9 Å². The Kier molecular flexibility index (Phi) is 5.35. The molecule has 2 rings (SSSR count). The molecule has 4 nitrogen and oxygen atoms in total. The normalized spacial score (nSPS) is 23.4. The molecule has 1 saturated heterocycles. The number of hydrogen-bond donors (Lipinski definition) is 1. The van der Waals surface area contributed by atoms with E-state index < -0.39 is 15.2 Å². The Balaban J connectivity index is 2.29. The van der Waals surface area contributed by atoms with Gasteiger partial charge < -0.3 is 5.73 Å². The Morgan fingerprint density at radius 2 is 2.37 bits per heavy atom. The quantitative estimate of drug-likeness (QED) is 0.858. The highest BCUT2D eigenvalue weighted by atomic mass is 79.9. The van der Waals surface area contributed by atoms with E-state index in [-0.39, 0.29) is 6.04 Å². The van der Waals surface area contributed by atoms with E-state index in [1.807, 2.05) is 16.3 Å². The monoisotopic (exact) mass is 384 g/mol. The third-order valence-corrected chi connectivity index (χ3v) is 7.61. The highest BCUT2D eigenvalue weighted by Crippen LogP contribution is 2.33. The predicted octanol–water partition coefficient (Wildman–Crippen LogP) is 1.93. The summed E-state index contributed by atoms with van der Waals surface area (Å²) in [6, 6.07) is 2.01. The lowest BCUT2D eigenvalue weighted by Gasteiger charge is -2.39. The van der Waals surface area contributed by atoms with Crippen LogP contribution in [0.2, 0.25) is 0 Å². The Morgan fingerprint density at radius 1 is 1.63 bits per heavy atom. The molecule has 108 valence electrons. The fraction of sp³-hybridized carbons (Fsp3) is 0.636. The second-order valence-corrected chi connectivity index (χ2v) is 9.73. The standard InChI is InChI=1S/C11H17BrN2O2S3/c1-19(15,16)11-7-17-3-2-14(11)9(5-13)10-4-8(12)6-18-10/h4,6,9,11H,2-3,5,7,13H2,1H3. The summed E-state index contributed by atoms with van der Waals surface area (Å²) in [6.45, 7) is 1.20. The van der Waals surface area contributed by atoms with Crippen LogP contribution >= 0.6 is 39.0 Å². The maximum Gasteiger partial charge on any atom is 0.164 e. The van der Waals surface area contributed by atoms with Gasteiger partial charge in [-0.05, 0) is 22.0 Å². The van der Waals surface area contributed by atoms with Gasteiger partial charge in [0.15, 0.2) is 9.84 Å². The first-order valence-corrected chi connectivity index (χ1v) is 10.7. The average Bonchev–Trinajstić information content (AvgIpc) is 2.76. The number of rotatable bonds is 4. The second kappa shape index (κ2) is 6.44. The van der Waals surface area contributed by atoms with Crippen LogP contribution in [0.15, 0.2) is 15.9 Å². The molecule has 0 saturated carbocycles. The van der Waals surface area contributed by atoms with E-state index in [0.29, 0.717) is 12.3 Å². The van der Waals surface area contributed by atoms with E-state index >= 15 is 0 Å². The number of halogens is 1. The molecule has 2 atom stereocenters. The minimum Gasteiger partial charge on any atom is -0.329 e. The lowest BCUT2D eigenvalue weighted by Crippen LogP contribution is -2.50. The molecule has 0 radical (unpaired) electrons. The van der Waals surface area contributed by atoms with Crippen LogP contribution in [0.5, 0.6) is 0 Å². The number of nitrogens with zero attached hydrogens (tertiary/aromatic N) is 1. The summed E-state index contributed by atoms with van der Waals surface area (Å²) in [4.78, 5) is 3.17. The zero-order chi connectivity index (χ0) is 14.0. The van der Waals surface area contributed by atoms with Gasteiger partial charge in [-0.3, -0.25) is 4.90 Å². The molecule has 1 fully saturated rings. The fourth-order valence-corrected chi connectivity index (χ4v) is 6.74.